The van der Waals surface area contributed by atoms with E-state index in [0.29, 0.717) is 38.7 Å². The minimum Gasteiger partial charge on any atom is -0.493 e. The number of carbonyl (C=O) groups excluding carboxylic acids is 1. The molecule has 0 fully saturated rings. The lowest BCUT2D eigenvalue weighted by Crippen LogP contribution is -2.39. The van der Waals surface area contributed by atoms with E-state index in [0.717, 1.165) is 15.6 Å². The Morgan fingerprint density at radius 1 is 1.17 bits per heavy atom. The molecule has 0 amide bonds. The molecule has 1 atom stereocenters. The maximum atomic E-state index is 13.7. The zero-order valence-corrected chi connectivity index (χ0v) is 22.2. The summed E-state index contributed by atoms with van der Waals surface area (Å²) in [6.07, 6.45) is 1.79. The van der Waals surface area contributed by atoms with Gasteiger partial charge in [0.2, 0.25) is 0 Å². The van der Waals surface area contributed by atoms with Crippen LogP contribution in [-0.2, 0) is 9.53 Å². The molecule has 182 valence electrons. The molecule has 1 aliphatic rings. The van der Waals surface area contributed by atoms with Crippen LogP contribution in [0.1, 0.15) is 37.9 Å². The maximum absolute atomic E-state index is 13.7. The Hall–Kier alpha value is -3.17. The first-order chi connectivity index (χ1) is 16.9. The van der Waals surface area contributed by atoms with Crippen LogP contribution in [0, 0.1) is 0 Å². The first-order valence-electron chi connectivity index (χ1n) is 11.1. The number of ether oxygens (including phenoxy) is 3. The topological polar surface area (TPSA) is 79.1 Å². The third-order valence-electron chi connectivity index (χ3n) is 5.50. The zero-order chi connectivity index (χ0) is 25.1. The molecule has 0 radical (unpaired) electrons. The minimum atomic E-state index is -0.632. The molecule has 0 unspecified atom stereocenters. The smallest absolute Gasteiger partial charge is 0.338 e. The van der Waals surface area contributed by atoms with E-state index in [1.807, 2.05) is 49.4 Å². The van der Waals surface area contributed by atoms with Gasteiger partial charge in [-0.15, -0.1) is 0 Å². The Balaban J connectivity index is 1.93. The Morgan fingerprint density at radius 3 is 2.57 bits per heavy atom. The van der Waals surface area contributed by atoms with Crippen LogP contribution >= 0.6 is 27.3 Å². The van der Waals surface area contributed by atoms with Crippen LogP contribution in [0.25, 0.3) is 6.08 Å². The lowest BCUT2D eigenvalue weighted by molar-refractivity contribution is -0.139. The van der Waals surface area contributed by atoms with Crippen molar-refractivity contribution in [1.82, 2.24) is 4.57 Å². The summed E-state index contributed by atoms with van der Waals surface area (Å²) in [5.41, 5.74) is 2.23. The highest BCUT2D eigenvalue weighted by Crippen LogP contribution is 2.34. The van der Waals surface area contributed by atoms with Crippen LogP contribution in [0.15, 0.2) is 68.0 Å². The number of thiazole rings is 1. The molecule has 0 spiro atoms. The van der Waals surface area contributed by atoms with Gasteiger partial charge in [-0.3, -0.25) is 9.36 Å². The second-order valence-electron chi connectivity index (χ2n) is 7.67. The van der Waals surface area contributed by atoms with Crippen molar-refractivity contribution in [2.75, 3.05) is 20.3 Å². The number of carbonyl (C=O) groups is 1. The monoisotopic (exact) mass is 556 g/mol. The van der Waals surface area contributed by atoms with Gasteiger partial charge in [-0.1, -0.05) is 57.6 Å². The van der Waals surface area contributed by atoms with Gasteiger partial charge in [0.15, 0.2) is 16.3 Å². The lowest BCUT2D eigenvalue weighted by atomic mass is 9.96. The van der Waals surface area contributed by atoms with E-state index in [-0.39, 0.29) is 12.2 Å². The van der Waals surface area contributed by atoms with E-state index >= 15 is 0 Å². The van der Waals surface area contributed by atoms with E-state index < -0.39 is 12.0 Å². The summed E-state index contributed by atoms with van der Waals surface area (Å²) in [7, 11) is 1.58. The van der Waals surface area contributed by atoms with Gasteiger partial charge < -0.3 is 14.2 Å². The first kappa shape index (κ1) is 24.9. The summed E-state index contributed by atoms with van der Waals surface area (Å²) in [6.45, 7) is 6.13. The first-order valence-corrected chi connectivity index (χ1v) is 12.7. The lowest BCUT2D eigenvalue weighted by Gasteiger charge is -2.24. The summed E-state index contributed by atoms with van der Waals surface area (Å²) >= 11 is 4.84. The van der Waals surface area contributed by atoms with Crippen molar-refractivity contribution in [3.05, 3.63) is 89.0 Å². The predicted molar refractivity (Wildman–Crippen MR) is 139 cm³/mol. The molecule has 1 aliphatic heterocycles. The Morgan fingerprint density at radius 2 is 1.91 bits per heavy atom. The largest absolute Gasteiger partial charge is 0.493 e. The maximum Gasteiger partial charge on any atom is 0.338 e. The third kappa shape index (κ3) is 4.83. The molecule has 9 heteroatoms. The van der Waals surface area contributed by atoms with Crippen molar-refractivity contribution in [2.24, 2.45) is 4.99 Å². The van der Waals surface area contributed by atoms with Gasteiger partial charge >= 0.3 is 5.97 Å². The average molecular weight is 557 g/mol. The molecule has 4 rings (SSSR count). The van der Waals surface area contributed by atoms with Crippen LogP contribution in [-0.4, -0.2) is 30.9 Å². The minimum absolute atomic E-state index is 0.231. The van der Waals surface area contributed by atoms with Crippen molar-refractivity contribution in [1.29, 1.82) is 0 Å². The van der Waals surface area contributed by atoms with E-state index in [4.69, 9.17) is 14.2 Å². The van der Waals surface area contributed by atoms with Gasteiger partial charge in [0, 0.05) is 4.47 Å². The molecule has 0 N–H and O–H groups in total. The summed E-state index contributed by atoms with van der Waals surface area (Å²) in [5.74, 6) is 0.701. The summed E-state index contributed by atoms with van der Waals surface area (Å²) < 4.78 is 19.2. The molecule has 3 aromatic rings. The molecule has 35 heavy (non-hydrogen) atoms. The average Bonchev–Trinajstić information content (AvgIpc) is 3.15. The highest BCUT2D eigenvalue weighted by molar-refractivity contribution is 9.10. The number of hydrogen-bond acceptors (Lipinski definition) is 7. The summed E-state index contributed by atoms with van der Waals surface area (Å²) in [5, 5.41) is 0. The van der Waals surface area contributed by atoms with E-state index in [1.165, 1.54) is 11.3 Å². The normalized spacial score (nSPS) is 15.5. The molecular formula is C26H25BrN2O5S. The molecule has 0 saturated heterocycles. The Labute approximate surface area is 215 Å². The fourth-order valence-electron chi connectivity index (χ4n) is 3.97. The second kappa shape index (κ2) is 10.6. The molecule has 2 heterocycles. The molecule has 2 aromatic carbocycles. The van der Waals surface area contributed by atoms with Gasteiger partial charge in [0.1, 0.15) is 0 Å². The summed E-state index contributed by atoms with van der Waals surface area (Å²) in [6, 6.07) is 12.5. The number of nitrogens with zero attached hydrogens (tertiary/aromatic N) is 2. The fourth-order valence-corrected chi connectivity index (χ4v) is 5.45. The highest BCUT2D eigenvalue weighted by Gasteiger charge is 2.33. The van der Waals surface area contributed by atoms with E-state index in [2.05, 4.69) is 20.9 Å². The molecular weight excluding hydrogens is 532 g/mol. The van der Waals surface area contributed by atoms with Crippen molar-refractivity contribution < 1.29 is 19.0 Å². The molecule has 1 aromatic heterocycles. The van der Waals surface area contributed by atoms with E-state index in [1.54, 1.807) is 31.6 Å². The Kier molecular flexibility index (Phi) is 7.57. The second-order valence-corrected chi connectivity index (χ2v) is 9.53. The number of halogens is 1. The SMILES string of the molecule is CCOC(=O)C1=C(C)N=c2s/c(=C\c3cc(OCC)c(OC)cc3Br)c(=O)n2[C@@H]1c1ccccc1. The fraction of sp³-hybridized carbons (Fsp3) is 0.269. The van der Waals surface area contributed by atoms with Crippen molar-refractivity contribution in [3.8, 4) is 11.5 Å². The van der Waals surface area contributed by atoms with Gasteiger partial charge in [-0.25, -0.2) is 9.79 Å². The number of hydrogen-bond donors (Lipinski definition) is 0. The number of aromatic nitrogens is 1. The van der Waals surface area contributed by atoms with Crippen LogP contribution in [0.4, 0.5) is 0 Å². The van der Waals surface area contributed by atoms with Gasteiger partial charge in [0.25, 0.3) is 5.56 Å². The highest BCUT2D eigenvalue weighted by atomic mass is 79.9. The van der Waals surface area contributed by atoms with Gasteiger partial charge in [0.05, 0.1) is 42.2 Å². The zero-order valence-electron chi connectivity index (χ0n) is 19.8. The van der Waals surface area contributed by atoms with Gasteiger partial charge in [-0.05, 0) is 50.1 Å². The van der Waals surface area contributed by atoms with Crippen LogP contribution < -0.4 is 24.4 Å². The number of rotatable bonds is 7. The number of fused-ring (bicyclic) bond motifs is 1. The van der Waals surface area contributed by atoms with Crippen LogP contribution in [0.2, 0.25) is 0 Å². The molecule has 0 saturated carbocycles. The van der Waals surface area contributed by atoms with Crippen LogP contribution in [0.3, 0.4) is 0 Å². The standard InChI is InChI=1S/C26H25BrN2O5S/c1-5-33-20-12-17(18(27)14-19(20)32-4)13-21-24(30)29-23(16-10-8-7-9-11-16)22(25(31)34-6-2)15(3)28-26(29)35-21/h7-14,23H,5-6H2,1-4H3/b21-13-/t23-/m1/s1. The van der Waals surface area contributed by atoms with Gasteiger partial charge in [-0.2, -0.15) is 0 Å². The molecule has 7 nitrogen and oxygen atoms in total. The van der Waals surface area contributed by atoms with Crippen molar-refractivity contribution in [3.63, 3.8) is 0 Å². The summed E-state index contributed by atoms with van der Waals surface area (Å²) in [4.78, 5) is 31.8. The Bertz CT molecular complexity index is 1470. The quantitative estimate of drug-likeness (QED) is 0.411. The number of benzene rings is 2. The molecule has 0 bridgehead atoms. The van der Waals surface area contributed by atoms with Crippen LogP contribution in [0.5, 0.6) is 11.5 Å². The number of methoxy groups -OCH3 is 1. The number of esters is 1. The van der Waals surface area contributed by atoms with E-state index in [9.17, 15) is 9.59 Å². The van der Waals surface area contributed by atoms with Crippen molar-refractivity contribution in [2.45, 2.75) is 26.8 Å². The predicted octanol–water partition coefficient (Wildman–Crippen LogP) is 3.97. The number of allylic oxidation sites excluding steroid dienone is 1. The van der Waals surface area contributed by atoms with Crippen molar-refractivity contribution >= 4 is 39.3 Å². The third-order valence-corrected chi connectivity index (χ3v) is 7.17. The molecule has 0 aliphatic carbocycles.